The van der Waals surface area contributed by atoms with Crippen LogP contribution in [0.4, 0.5) is 0 Å². The van der Waals surface area contributed by atoms with E-state index in [4.69, 9.17) is 4.74 Å². The molecule has 1 aromatic heterocycles. The van der Waals surface area contributed by atoms with Gasteiger partial charge in [-0.05, 0) is 69.5 Å². The SMILES string of the molecule is COC(=O)[C@@H]1C[C@@H](NC(=O)c2cccc(-n3nc(C)cc3C)c2)CN1CCCc1ccccc1. The molecule has 1 aliphatic rings. The molecule has 1 fully saturated rings. The van der Waals surface area contributed by atoms with Crippen molar-refractivity contribution < 1.29 is 14.3 Å². The molecule has 1 amide bonds. The first kappa shape index (κ1) is 23.7. The molecule has 3 aromatic rings. The molecule has 1 saturated heterocycles. The number of aromatic nitrogens is 2. The third-order valence-corrected chi connectivity index (χ3v) is 6.33. The Morgan fingerprint density at radius 2 is 1.88 bits per heavy atom. The minimum Gasteiger partial charge on any atom is -0.468 e. The van der Waals surface area contributed by atoms with Gasteiger partial charge in [-0.2, -0.15) is 5.10 Å². The minimum absolute atomic E-state index is 0.120. The monoisotopic (exact) mass is 460 g/mol. The van der Waals surface area contributed by atoms with Crippen molar-refractivity contribution in [1.82, 2.24) is 20.0 Å². The third kappa shape index (κ3) is 5.54. The third-order valence-electron chi connectivity index (χ3n) is 6.33. The Balaban J connectivity index is 1.40. The number of carbonyl (C=O) groups excluding carboxylic acids is 2. The number of aryl methyl sites for hydroxylation is 3. The van der Waals surface area contributed by atoms with Gasteiger partial charge in [0.15, 0.2) is 0 Å². The summed E-state index contributed by atoms with van der Waals surface area (Å²) in [6.45, 7) is 5.33. The van der Waals surface area contributed by atoms with Crippen LogP contribution in [0.5, 0.6) is 0 Å². The van der Waals surface area contributed by atoms with Gasteiger partial charge in [0.2, 0.25) is 0 Å². The molecule has 0 aliphatic carbocycles. The molecular formula is C27H32N4O3. The zero-order chi connectivity index (χ0) is 24.1. The Morgan fingerprint density at radius 3 is 2.59 bits per heavy atom. The number of nitrogens with one attached hydrogen (secondary N) is 1. The van der Waals surface area contributed by atoms with Crippen molar-refractivity contribution in [2.75, 3.05) is 20.2 Å². The number of benzene rings is 2. The highest BCUT2D eigenvalue weighted by Crippen LogP contribution is 2.21. The Bertz CT molecular complexity index is 1140. The summed E-state index contributed by atoms with van der Waals surface area (Å²) in [4.78, 5) is 27.6. The second-order valence-corrected chi connectivity index (χ2v) is 8.92. The van der Waals surface area contributed by atoms with Crippen molar-refractivity contribution in [2.45, 2.75) is 45.2 Å². The van der Waals surface area contributed by atoms with Gasteiger partial charge in [0.1, 0.15) is 6.04 Å². The molecule has 1 aliphatic heterocycles. The number of hydrogen-bond acceptors (Lipinski definition) is 5. The zero-order valence-corrected chi connectivity index (χ0v) is 20.0. The molecule has 4 rings (SSSR count). The highest BCUT2D eigenvalue weighted by atomic mass is 16.5. The van der Waals surface area contributed by atoms with E-state index in [1.807, 2.05) is 61.0 Å². The van der Waals surface area contributed by atoms with Gasteiger partial charge in [-0.15, -0.1) is 0 Å². The van der Waals surface area contributed by atoms with E-state index in [0.29, 0.717) is 18.5 Å². The summed E-state index contributed by atoms with van der Waals surface area (Å²) in [5.74, 6) is -0.397. The molecule has 0 unspecified atom stereocenters. The number of likely N-dealkylation sites (tertiary alicyclic amines) is 1. The van der Waals surface area contributed by atoms with Gasteiger partial charge in [0, 0.05) is 23.8 Å². The van der Waals surface area contributed by atoms with Crippen LogP contribution in [-0.4, -0.2) is 58.8 Å². The maximum atomic E-state index is 13.1. The summed E-state index contributed by atoms with van der Waals surface area (Å²) in [7, 11) is 1.42. The normalized spacial score (nSPS) is 18.1. The number of carbonyl (C=O) groups is 2. The van der Waals surface area contributed by atoms with Gasteiger partial charge >= 0.3 is 5.97 Å². The Kier molecular flexibility index (Phi) is 7.43. The lowest BCUT2D eigenvalue weighted by molar-refractivity contribution is -0.145. The van der Waals surface area contributed by atoms with Crippen LogP contribution in [0.2, 0.25) is 0 Å². The molecule has 2 heterocycles. The fourth-order valence-electron chi connectivity index (χ4n) is 4.71. The summed E-state index contributed by atoms with van der Waals surface area (Å²) >= 11 is 0. The lowest BCUT2D eigenvalue weighted by Gasteiger charge is -2.22. The van der Waals surface area contributed by atoms with Crippen molar-refractivity contribution in [2.24, 2.45) is 0 Å². The van der Waals surface area contributed by atoms with E-state index < -0.39 is 0 Å². The lowest BCUT2D eigenvalue weighted by Crippen LogP contribution is -2.38. The van der Waals surface area contributed by atoms with Gasteiger partial charge in [-0.25, -0.2) is 4.68 Å². The average Bonchev–Trinajstić information content (AvgIpc) is 3.41. The van der Waals surface area contributed by atoms with Crippen molar-refractivity contribution in [3.8, 4) is 5.69 Å². The first-order chi connectivity index (χ1) is 16.4. The molecule has 34 heavy (non-hydrogen) atoms. The fourth-order valence-corrected chi connectivity index (χ4v) is 4.71. The number of hydrogen-bond donors (Lipinski definition) is 1. The molecule has 7 nitrogen and oxygen atoms in total. The molecule has 1 N–H and O–H groups in total. The molecule has 2 atom stereocenters. The van der Waals surface area contributed by atoms with E-state index in [-0.39, 0.29) is 24.0 Å². The Labute approximate surface area is 200 Å². The van der Waals surface area contributed by atoms with Crippen LogP contribution in [0.3, 0.4) is 0 Å². The molecule has 0 spiro atoms. The molecular weight excluding hydrogens is 428 g/mol. The van der Waals surface area contributed by atoms with Gasteiger partial charge < -0.3 is 10.1 Å². The van der Waals surface area contributed by atoms with Crippen LogP contribution in [0.15, 0.2) is 60.7 Å². The van der Waals surface area contributed by atoms with E-state index >= 15 is 0 Å². The molecule has 0 bridgehead atoms. The van der Waals surface area contributed by atoms with Crippen molar-refractivity contribution in [3.63, 3.8) is 0 Å². The summed E-state index contributed by atoms with van der Waals surface area (Å²) < 4.78 is 6.88. The van der Waals surface area contributed by atoms with Gasteiger partial charge in [0.25, 0.3) is 5.91 Å². The summed E-state index contributed by atoms with van der Waals surface area (Å²) in [5.41, 5.74) is 4.64. The van der Waals surface area contributed by atoms with Crippen molar-refractivity contribution in [3.05, 3.63) is 83.2 Å². The summed E-state index contributed by atoms with van der Waals surface area (Å²) in [5, 5.41) is 7.63. The molecule has 0 saturated carbocycles. The van der Waals surface area contributed by atoms with E-state index in [1.54, 1.807) is 6.07 Å². The zero-order valence-electron chi connectivity index (χ0n) is 20.0. The maximum Gasteiger partial charge on any atom is 0.323 e. The van der Waals surface area contributed by atoms with E-state index in [9.17, 15) is 9.59 Å². The van der Waals surface area contributed by atoms with E-state index in [1.165, 1.54) is 12.7 Å². The van der Waals surface area contributed by atoms with Crippen molar-refractivity contribution >= 4 is 11.9 Å². The highest BCUT2D eigenvalue weighted by molar-refractivity contribution is 5.95. The second-order valence-electron chi connectivity index (χ2n) is 8.92. The predicted octanol–water partition coefficient (Wildman–Crippen LogP) is 3.47. The van der Waals surface area contributed by atoms with Crippen LogP contribution in [0.25, 0.3) is 5.69 Å². The first-order valence-electron chi connectivity index (χ1n) is 11.7. The van der Waals surface area contributed by atoms with Gasteiger partial charge in [-0.1, -0.05) is 36.4 Å². The van der Waals surface area contributed by atoms with Gasteiger partial charge in [-0.3, -0.25) is 14.5 Å². The maximum absolute atomic E-state index is 13.1. The quantitative estimate of drug-likeness (QED) is 0.521. The molecule has 7 heteroatoms. The lowest BCUT2D eigenvalue weighted by atomic mass is 10.1. The number of methoxy groups -OCH3 is 1. The largest absolute Gasteiger partial charge is 0.468 e. The fraction of sp³-hybridized carbons (Fsp3) is 0.370. The van der Waals surface area contributed by atoms with E-state index in [2.05, 4.69) is 27.4 Å². The van der Waals surface area contributed by atoms with Crippen LogP contribution in [0.1, 0.15) is 40.2 Å². The summed E-state index contributed by atoms with van der Waals surface area (Å²) in [6, 6.07) is 19.3. The Hall–Kier alpha value is -3.45. The first-order valence-corrected chi connectivity index (χ1v) is 11.7. The van der Waals surface area contributed by atoms with Crippen LogP contribution < -0.4 is 5.32 Å². The number of nitrogens with zero attached hydrogens (tertiary/aromatic N) is 3. The molecule has 2 aromatic carbocycles. The molecule has 178 valence electrons. The van der Waals surface area contributed by atoms with Crippen LogP contribution in [0, 0.1) is 13.8 Å². The van der Waals surface area contributed by atoms with Gasteiger partial charge in [0.05, 0.1) is 18.5 Å². The second kappa shape index (κ2) is 10.7. The standard InChI is InChI=1S/C27H32N4O3/c1-19-15-20(2)31(29-19)24-13-7-12-22(16-24)26(32)28-23-17-25(27(33)34-3)30(18-23)14-8-11-21-9-5-4-6-10-21/h4-7,9-10,12-13,15-16,23,25H,8,11,14,17-18H2,1-3H3,(H,28,32)/t23-,25+/m1/s1. The number of rotatable bonds is 8. The number of esters is 1. The number of amides is 1. The predicted molar refractivity (Wildman–Crippen MR) is 131 cm³/mol. The van der Waals surface area contributed by atoms with Crippen molar-refractivity contribution in [1.29, 1.82) is 0 Å². The minimum atomic E-state index is -0.341. The topological polar surface area (TPSA) is 76.5 Å². The highest BCUT2D eigenvalue weighted by Gasteiger charge is 2.37. The summed E-state index contributed by atoms with van der Waals surface area (Å²) in [6.07, 6.45) is 2.42. The van der Waals surface area contributed by atoms with Crippen LogP contribution >= 0.6 is 0 Å². The van der Waals surface area contributed by atoms with E-state index in [0.717, 1.165) is 36.5 Å². The number of ether oxygens (including phenoxy) is 1. The Morgan fingerprint density at radius 1 is 1.09 bits per heavy atom. The van der Waals surface area contributed by atoms with Crippen LogP contribution in [-0.2, 0) is 16.0 Å². The average molecular weight is 461 g/mol. The smallest absolute Gasteiger partial charge is 0.323 e. The molecule has 0 radical (unpaired) electrons.